The molecule has 2 heteroatoms. The van der Waals surface area contributed by atoms with Gasteiger partial charge < -0.3 is 5.73 Å². The summed E-state index contributed by atoms with van der Waals surface area (Å²) in [5.74, 6) is 0. The fourth-order valence-corrected chi connectivity index (χ4v) is 1.18. The van der Waals surface area contributed by atoms with Gasteiger partial charge in [0.15, 0.2) is 0 Å². The fourth-order valence-electron chi connectivity index (χ4n) is 1.18. The molecule has 0 amide bonds. The average Bonchev–Trinajstić information content (AvgIpc) is 2.01. The summed E-state index contributed by atoms with van der Waals surface area (Å²) in [6.45, 7) is 8.36. The molecule has 0 aliphatic heterocycles. The predicted octanol–water partition coefficient (Wildman–Crippen LogP) is 2.44. The molecule has 0 unspecified atom stereocenters. The number of rotatable bonds is 1. The Kier molecular flexibility index (Phi) is 2.71. The number of aryl methyl sites for hydroxylation is 1. The minimum Gasteiger partial charge on any atom is -0.322 e. The maximum atomic E-state index is 6.08. The van der Waals surface area contributed by atoms with Crippen molar-refractivity contribution in [3.63, 3.8) is 0 Å². The van der Waals surface area contributed by atoms with E-state index in [1.807, 2.05) is 25.1 Å². The molecular formula is C11H18N2. The highest BCUT2D eigenvalue weighted by molar-refractivity contribution is 5.14. The van der Waals surface area contributed by atoms with Gasteiger partial charge in [-0.3, -0.25) is 4.98 Å². The normalized spacial score (nSPS) is 14.2. The van der Waals surface area contributed by atoms with E-state index in [1.165, 1.54) is 0 Å². The molecule has 0 aliphatic carbocycles. The molecule has 0 bridgehead atoms. The highest BCUT2D eigenvalue weighted by atomic mass is 14.8. The largest absolute Gasteiger partial charge is 0.322 e. The molecule has 2 N–H and O–H groups in total. The lowest BCUT2D eigenvalue weighted by atomic mass is 9.85. The van der Waals surface area contributed by atoms with Gasteiger partial charge >= 0.3 is 0 Å². The van der Waals surface area contributed by atoms with Gasteiger partial charge in [-0.1, -0.05) is 26.8 Å². The molecule has 1 aromatic rings. The second-order valence-electron chi connectivity index (χ2n) is 4.55. The van der Waals surface area contributed by atoms with Crippen molar-refractivity contribution < 1.29 is 0 Å². The van der Waals surface area contributed by atoms with E-state index < -0.39 is 0 Å². The van der Waals surface area contributed by atoms with Crippen molar-refractivity contribution in [3.05, 3.63) is 29.6 Å². The van der Waals surface area contributed by atoms with Crippen LogP contribution in [0.1, 0.15) is 38.2 Å². The summed E-state index contributed by atoms with van der Waals surface area (Å²) in [5.41, 5.74) is 8.15. The molecule has 2 nitrogen and oxygen atoms in total. The first-order valence-corrected chi connectivity index (χ1v) is 4.60. The summed E-state index contributed by atoms with van der Waals surface area (Å²) >= 11 is 0. The van der Waals surface area contributed by atoms with Gasteiger partial charge in [-0.25, -0.2) is 0 Å². The van der Waals surface area contributed by atoms with Crippen LogP contribution < -0.4 is 5.73 Å². The molecule has 13 heavy (non-hydrogen) atoms. The molecule has 0 radical (unpaired) electrons. The Labute approximate surface area is 80.2 Å². The third kappa shape index (κ3) is 2.52. The van der Waals surface area contributed by atoms with E-state index in [-0.39, 0.29) is 11.5 Å². The molecule has 0 saturated heterocycles. The van der Waals surface area contributed by atoms with Crippen molar-refractivity contribution in [2.45, 2.75) is 33.7 Å². The molecule has 0 fully saturated rings. The summed E-state index contributed by atoms with van der Waals surface area (Å²) in [7, 11) is 0. The molecular weight excluding hydrogens is 160 g/mol. The smallest absolute Gasteiger partial charge is 0.0579 e. The zero-order valence-electron chi connectivity index (χ0n) is 8.83. The zero-order valence-corrected chi connectivity index (χ0v) is 8.83. The van der Waals surface area contributed by atoms with Crippen molar-refractivity contribution in [1.82, 2.24) is 4.98 Å². The van der Waals surface area contributed by atoms with Crippen LogP contribution in [0.15, 0.2) is 18.2 Å². The Morgan fingerprint density at radius 2 is 1.92 bits per heavy atom. The molecule has 72 valence electrons. The topological polar surface area (TPSA) is 38.9 Å². The van der Waals surface area contributed by atoms with Crippen molar-refractivity contribution >= 4 is 0 Å². The minimum absolute atomic E-state index is 0.00685. The first kappa shape index (κ1) is 10.2. The summed E-state index contributed by atoms with van der Waals surface area (Å²) in [6.07, 6.45) is 0. The SMILES string of the molecule is Cc1cccc([C@H](N)C(C)(C)C)n1. The molecule has 1 atom stereocenters. The highest BCUT2D eigenvalue weighted by Crippen LogP contribution is 2.28. The van der Waals surface area contributed by atoms with Gasteiger partial charge in [0.05, 0.1) is 11.7 Å². The number of pyridine rings is 1. The van der Waals surface area contributed by atoms with Crippen LogP contribution in [-0.2, 0) is 0 Å². The molecule has 1 heterocycles. The van der Waals surface area contributed by atoms with E-state index in [9.17, 15) is 0 Å². The van der Waals surface area contributed by atoms with Crippen molar-refractivity contribution in [2.24, 2.45) is 11.1 Å². The third-order valence-electron chi connectivity index (χ3n) is 2.16. The predicted molar refractivity (Wildman–Crippen MR) is 55.4 cm³/mol. The fraction of sp³-hybridized carbons (Fsp3) is 0.545. The molecule has 0 spiro atoms. The molecule has 0 aromatic carbocycles. The maximum Gasteiger partial charge on any atom is 0.0579 e. The van der Waals surface area contributed by atoms with Crippen molar-refractivity contribution in [1.29, 1.82) is 0 Å². The van der Waals surface area contributed by atoms with Gasteiger partial charge in [0.25, 0.3) is 0 Å². The first-order valence-electron chi connectivity index (χ1n) is 4.60. The molecule has 0 aliphatic rings. The van der Waals surface area contributed by atoms with Crippen LogP contribution in [0.5, 0.6) is 0 Å². The van der Waals surface area contributed by atoms with Gasteiger partial charge in [-0.15, -0.1) is 0 Å². The Morgan fingerprint density at radius 1 is 1.31 bits per heavy atom. The average molecular weight is 178 g/mol. The quantitative estimate of drug-likeness (QED) is 0.717. The van der Waals surface area contributed by atoms with Gasteiger partial charge in [-0.2, -0.15) is 0 Å². The van der Waals surface area contributed by atoms with Crippen LogP contribution in [0.3, 0.4) is 0 Å². The van der Waals surface area contributed by atoms with E-state index in [1.54, 1.807) is 0 Å². The van der Waals surface area contributed by atoms with Gasteiger partial charge in [0.1, 0.15) is 0 Å². The molecule has 0 saturated carbocycles. The van der Waals surface area contributed by atoms with Crippen molar-refractivity contribution in [3.8, 4) is 0 Å². The third-order valence-corrected chi connectivity index (χ3v) is 2.16. The number of nitrogens with zero attached hydrogens (tertiary/aromatic N) is 1. The van der Waals surface area contributed by atoms with Crippen LogP contribution >= 0.6 is 0 Å². The lowest BCUT2D eigenvalue weighted by Gasteiger charge is -2.26. The van der Waals surface area contributed by atoms with Crippen LogP contribution in [0.2, 0.25) is 0 Å². The zero-order chi connectivity index (χ0) is 10.1. The first-order chi connectivity index (χ1) is 5.91. The second kappa shape index (κ2) is 3.46. The summed E-state index contributed by atoms with van der Waals surface area (Å²) in [4.78, 5) is 4.41. The lowest BCUT2D eigenvalue weighted by molar-refractivity contribution is 0.321. The number of nitrogens with two attached hydrogens (primary N) is 1. The van der Waals surface area contributed by atoms with Crippen molar-refractivity contribution in [2.75, 3.05) is 0 Å². The van der Waals surface area contributed by atoms with Crippen LogP contribution in [0.25, 0.3) is 0 Å². The maximum absolute atomic E-state index is 6.08. The van der Waals surface area contributed by atoms with Crippen LogP contribution in [0.4, 0.5) is 0 Å². The second-order valence-corrected chi connectivity index (χ2v) is 4.55. The number of aromatic nitrogens is 1. The number of hydrogen-bond donors (Lipinski definition) is 1. The van der Waals surface area contributed by atoms with E-state index in [0.29, 0.717) is 0 Å². The van der Waals surface area contributed by atoms with E-state index in [0.717, 1.165) is 11.4 Å². The lowest BCUT2D eigenvalue weighted by Crippen LogP contribution is -2.27. The van der Waals surface area contributed by atoms with Gasteiger partial charge in [0.2, 0.25) is 0 Å². The Morgan fingerprint density at radius 3 is 2.38 bits per heavy atom. The Bertz CT molecular complexity index is 286. The monoisotopic (exact) mass is 178 g/mol. The van der Waals surface area contributed by atoms with Gasteiger partial charge in [0, 0.05) is 5.69 Å². The summed E-state index contributed by atoms with van der Waals surface area (Å²) in [6, 6.07) is 5.98. The van der Waals surface area contributed by atoms with E-state index >= 15 is 0 Å². The highest BCUT2D eigenvalue weighted by Gasteiger charge is 2.23. The Hall–Kier alpha value is -0.890. The molecule has 1 rings (SSSR count). The minimum atomic E-state index is 0.00685. The number of hydrogen-bond acceptors (Lipinski definition) is 2. The van der Waals surface area contributed by atoms with Gasteiger partial charge in [-0.05, 0) is 24.5 Å². The van der Waals surface area contributed by atoms with E-state index in [2.05, 4.69) is 25.8 Å². The summed E-state index contributed by atoms with van der Waals surface area (Å²) in [5, 5.41) is 0. The van der Waals surface area contributed by atoms with E-state index in [4.69, 9.17) is 5.73 Å². The van der Waals surface area contributed by atoms with Crippen LogP contribution in [-0.4, -0.2) is 4.98 Å². The molecule has 1 aromatic heterocycles. The Balaban J connectivity index is 2.96. The standard InChI is InChI=1S/C11H18N2/c1-8-6-5-7-9(13-8)10(12)11(2,3)4/h5-7,10H,12H2,1-4H3/t10-/m0/s1. The van der Waals surface area contributed by atoms with Crippen LogP contribution in [0, 0.1) is 12.3 Å². The summed E-state index contributed by atoms with van der Waals surface area (Å²) < 4.78 is 0.